The second-order valence-corrected chi connectivity index (χ2v) is 7.49. The Morgan fingerprint density at radius 1 is 1.16 bits per heavy atom. The van der Waals surface area contributed by atoms with Crippen molar-refractivity contribution in [3.8, 4) is 11.5 Å². The number of amides is 1. The first kappa shape index (κ1) is 21.0. The molecule has 1 fully saturated rings. The summed E-state index contributed by atoms with van der Waals surface area (Å²) in [5.41, 5.74) is 0. The number of nitrogens with one attached hydrogen (secondary N) is 1. The first-order valence-electron chi connectivity index (χ1n) is 10.6. The summed E-state index contributed by atoms with van der Waals surface area (Å²) in [6.07, 6.45) is 3.75. The molecule has 0 saturated carbocycles. The molecule has 1 N–H and O–H groups in total. The van der Waals surface area contributed by atoms with Crippen LogP contribution >= 0.6 is 0 Å². The highest BCUT2D eigenvalue weighted by Gasteiger charge is 2.23. The molecule has 8 heteroatoms. The Balaban J connectivity index is 1.36. The predicted octanol–water partition coefficient (Wildman–Crippen LogP) is 3.97. The van der Waals surface area contributed by atoms with Gasteiger partial charge in [0.1, 0.15) is 18.2 Å². The molecule has 2 aromatic heterocycles. The number of ether oxygens (including phenoxy) is 2. The highest BCUT2D eigenvalue weighted by Crippen LogP contribution is 2.27. The van der Waals surface area contributed by atoms with Crippen molar-refractivity contribution in [1.82, 2.24) is 14.7 Å². The molecule has 3 aromatic rings. The number of furan rings is 1. The Bertz CT molecular complexity index is 1000. The van der Waals surface area contributed by atoms with E-state index in [1.165, 1.54) is 0 Å². The molecule has 0 bridgehead atoms. The minimum Gasteiger partial charge on any atom is -0.493 e. The van der Waals surface area contributed by atoms with Crippen molar-refractivity contribution >= 4 is 11.7 Å². The molecule has 1 aliphatic heterocycles. The number of methoxy groups -OCH3 is 1. The number of piperidine rings is 1. The van der Waals surface area contributed by atoms with E-state index in [-0.39, 0.29) is 24.3 Å². The second kappa shape index (κ2) is 9.70. The number of likely N-dealkylation sites (tertiary alicyclic amines) is 1. The van der Waals surface area contributed by atoms with Gasteiger partial charge in [0.25, 0.3) is 5.91 Å². The summed E-state index contributed by atoms with van der Waals surface area (Å²) in [6, 6.07) is 12.9. The van der Waals surface area contributed by atoms with Crippen molar-refractivity contribution in [2.45, 2.75) is 32.4 Å². The maximum Gasteiger partial charge on any atom is 0.292 e. The Morgan fingerprint density at radius 3 is 2.68 bits per heavy atom. The number of aromatic nitrogens is 2. The van der Waals surface area contributed by atoms with Gasteiger partial charge in [0, 0.05) is 19.2 Å². The van der Waals surface area contributed by atoms with E-state index >= 15 is 0 Å². The SMILES string of the molecule is CCN1CCC(n2nccc2NC(=O)c2ccc(COc3ccccc3OC)o2)CC1. The Kier molecular flexibility index (Phi) is 6.57. The predicted molar refractivity (Wildman–Crippen MR) is 117 cm³/mol. The zero-order valence-electron chi connectivity index (χ0n) is 17.9. The summed E-state index contributed by atoms with van der Waals surface area (Å²) in [4.78, 5) is 15.1. The molecule has 0 spiro atoms. The largest absolute Gasteiger partial charge is 0.493 e. The lowest BCUT2D eigenvalue weighted by Crippen LogP contribution is -2.35. The minimum atomic E-state index is -0.309. The monoisotopic (exact) mass is 424 g/mol. The third-order valence-electron chi connectivity index (χ3n) is 5.59. The van der Waals surface area contributed by atoms with Gasteiger partial charge in [-0.05, 0) is 43.7 Å². The summed E-state index contributed by atoms with van der Waals surface area (Å²) in [7, 11) is 1.59. The van der Waals surface area contributed by atoms with Crippen molar-refractivity contribution in [2.75, 3.05) is 32.1 Å². The van der Waals surface area contributed by atoms with Crippen LogP contribution in [-0.2, 0) is 6.61 Å². The van der Waals surface area contributed by atoms with Crippen LogP contribution in [0.15, 0.2) is 53.1 Å². The van der Waals surface area contributed by atoms with Crippen LogP contribution in [0.2, 0.25) is 0 Å². The molecule has 31 heavy (non-hydrogen) atoms. The van der Waals surface area contributed by atoms with Crippen LogP contribution in [0, 0.1) is 0 Å². The summed E-state index contributed by atoms with van der Waals surface area (Å²) in [5, 5.41) is 7.37. The van der Waals surface area contributed by atoms with Crippen LogP contribution < -0.4 is 14.8 Å². The number of hydrogen-bond donors (Lipinski definition) is 1. The quantitative estimate of drug-likeness (QED) is 0.589. The molecule has 1 amide bonds. The zero-order valence-corrected chi connectivity index (χ0v) is 17.9. The average Bonchev–Trinajstić information content (AvgIpc) is 3.47. The Morgan fingerprint density at radius 2 is 1.94 bits per heavy atom. The van der Waals surface area contributed by atoms with Crippen molar-refractivity contribution in [3.05, 3.63) is 60.2 Å². The van der Waals surface area contributed by atoms with E-state index in [9.17, 15) is 4.79 Å². The fourth-order valence-corrected chi connectivity index (χ4v) is 3.83. The van der Waals surface area contributed by atoms with Crippen molar-refractivity contribution in [2.24, 2.45) is 0 Å². The van der Waals surface area contributed by atoms with Crippen LogP contribution in [0.5, 0.6) is 11.5 Å². The lowest BCUT2D eigenvalue weighted by Gasteiger charge is -2.31. The Labute approximate surface area is 181 Å². The van der Waals surface area contributed by atoms with Crippen molar-refractivity contribution < 1.29 is 18.7 Å². The smallest absolute Gasteiger partial charge is 0.292 e. The van der Waals surface area contributed by atoms with Crippen LogP contribution in [0.4, 0.5) is 5.82 Å². The normalized spacial score (nSPS) is 15.0. The molecule has 4 rings (SSSR count). The van der Waals surface area contributed by atoms with Crippen molar-refractivity contribution in [3.63, 3.8) is 0 Å². The minimum absolute atomic E-state index is 0.196. The highest BCUT2D eigenvalue weighted by atomic mass is 16.5. The zero-order chi connectivity index (χ0) is 21.6. The van der Waals surface area contributed by atoms with Gasteiger partial charge < -0.3 is 24.1 Å². The summed E-state index contributed by atoms with van der Waals surface area (Å²) >= 11 is 0. The standard InChI is InChI=1S/C23H28N4O4/c1-3-26-14-11-17(12-15-26)27-22(10-13-24-27)25-23(28)21-9-8-18(31-21)16-30-20-7-5-4-6-19(20)29-2/h4-10,13,17H,3,11-12,14-16H2,1-2H3,(H,25,28). The van der Waals surface area contributed by atoms with Gasteiger partial charge in [-0.15, -0.1) is 0 Å². The highest BCUT2D eigenvalue weighted by molar-refractivity contribution is 6.01. The number of carbonyl (C=O) groups excluding carboxylic acids is 1. The van der Waals surface area contributed by atoms with Crippen LogP contribution in [0.1, 0.15) is 42.1 Å². The second-order valence-electron chi connectivity index (χ2n) is 7.49. The van der Waals surface area contributed by atoms with E-state index in [1.54, 1.807) is 25.4 Å². The fourth-order valence-electron chi connectivity index (χ4n) is 3.83. The number of benzene rings is 1. The molecule has 1 aromatic carbocycles. The number of nitrogens with zero attached hydrogens (tertiary/aromatic N) is 3. The van der Waals surface area contributed by atoms with E-state index in [1.807, 2.05) is 35.0 Å². The van der Waals surface area contributed by atoms with Crippen LogP contribution in [-0.4, -0.2) is 47.3 Å². The molecular formula is C23H28N4O4. The maximum atomic E-state index is 12.7. The van der Waals surface area contributed by atoms with Gasteiger partial charge in [-0.1, -0.05) is 19.1 Å². The van der Waals surface area contributed by atoms with Gasteiger partial charge >= 0.3 is 0 Å². The number of carbonyl (C=O) groups is 1. The molecule has 0 radical (unpaired) electrons. The van der Waals surface area contributed by atoms with Crippen LogP contribution in [0.25, 0.3) is 0 Å². The number of hydrogen-bond acceptors (Lipinski definition) is 6. The topological polar surface area (TPSA) is 81.8 Å². The number of anilines is 1. The number of para-hydroxylation sites is 2. The molecule has 1 saturated heterocycles. The summed E-state index contributed by atoms with van der Waals surface area (Å²) < 4.78 is 18.6. The fraction of sp³-hybridized carbons (Fsp3) is 0.391. The first-order chi connectivity index (χ1) is 15.2. The van der Waals surface area contributed by atoms with Gasteiger partial charge in [0.05, 0.1) is 19.3 Å². The lowest BCUT2D eigenvalue weighted by atomic mass is 10.1. The number of rotatable bonds is 8. The van der Waals surface area contributed by atoms with E-state index in [2.05, 4.69) is 22.2 Å². The van der Waals surface area contributed by atoms with Crippen LogP contribution in [0.3, 0.4) is 0 Å². The lowest BCUT2D eigenvalue weighted by molar-refractivity contribution is 0.0990. The van der Waals surface area contributed by atoms with E-state index in [4.69, 9.17) is 13.9 Å². The van der Waals surface area contributed by atoms with Gasteiger partial charge in [-0.2, -0.15) is 5.10 Å². The molecule has 8 nitrogen and oxygen atoms in total. The van der Waals surface area contributed by atoms with Gasteiger partial charge in [-0.3, -0.25) is 4.79 Å². The molecule has 0 atom stereocenters. The Hall–Kier alpha value is -3.26. The molecule has 164 valence electrons. The van der Waals surface area contributed by atoms with E-state index in [0.717, 1.165) is 32.5 Å². The maximum absolute atomic E-state index is 12.7. The molecular weight excluding hydrogens is 396 g/mol. The third kappa shape index (κ3) is 4.91. The molecule has 0 unspecified atom stereocenters. The van der Waals surface area contributed by atoms with Gasteiger partial charge in [0.2, 0.25) is 0 Å². The molecule has 1 aliphatic rings. The van der Waals surface area contributed by atoms with E-state index < -0.39 is 0 Å². The summed E-state index contributed by atoms with van der Waals surface area (Å²) in [5.74, 6) is 2.42. The van der Waals surface area contributed by atoms with Gasteiger partial charge in [-0.25, -0.2) is 4.68 Å². The molecule has 0 aliphatic carbocycles. The first-order valence-corrected chi connectivity index (χ1v) is 10.6. The van der Waals surface area contributed by atoms with E-state index in [0.29, 0.717) is 23.1 Å². The summed E-state index contributed by atoms with van der Waals surface area (Å²) in [6.45, 7) is 5.53. The van der Waals surface area contributed by atoms with Gasteiger partial charge in [0.15, 0.2) is 17.3 Å². The average molecular weight is 425 g/mol. The molecule has 3 heterocycles. The van der Waals surface area contributed by atoms with Crippen molar-refractivity contribution in [1.29, 1.82) is 0 Å². The third-order valence-corrected chi connectivity index (χ3v) is 5.59.